The number of hydrogen-bond donors (Lipinski definition) is 1. The van der Waals surface area contributed by atoms with Gasteiger partial charge in [-0.3, -0.25) is 4.79 Å². The molecule has 92 valence electrons. The highest BCUT2D eigenvalue weighted by atomic mass is 16.7. The van der Waals surface area contributed by atoms with E-state index in [-0.39, 0.29) is 18.5 Å². The Hall–Kier alpha value is -1.55. The zero-order chi connectivity index (χ0) is 12.4. The third kappa shape index (κ3) is 2.26. The van der Waals surface area contributed by atoms with Gasteiger partial charge in [-0.25, -0.2) is 0 Å². The third-order valence-electron chi connectivity index (χ3n) is 2.84. The van der Waals surface area contributed by atoms with Crippen molar-refractivity contribution in [3.63, 3.8) is 0 Å². The predicted molar refractivity (Wildman–Crippen MR) is 64.7 cm³/mol. The van der Waals surface area contributed by atoms with Crippen molar-refractivity contribution in [2.75, 3.05) is 13.3 Å². The number of benzene rings is 1. The minimum Gasteiger partial charge on any atom is -0.454 e. The summed E-state index contributed by atoms with van der Waals surface area (Å²) >= 11 is 0. The summed E-state index contributed by atoms with van der Waals surface area (Å²) in [6.07, 6.45) is 0.360. The van der Waals surface area contributed by atoms with Gasteiger partial charge >= 0.3 is 0 Å². The average molecular weight is 235 g/mol. The van der Waals surface area contributed by atoms with Crippen molar-refractivity contribution in [2.45, 2.75) is 26.2 Å². The summed E-state index contributed by atoms with van der Waals surface area (Å²) in [6, 6.07) is 3.67. The fraction of sp³-hybridized carbons (Fsp3) is 0.462. The maximum Gasteiger partial charge on any atom is 0.231 e. The maximum atomic E-state index is 12.0. The Labute approximate surface area is 101 Å². The molecule has 1 aliphatic rings. The van der Waals surface area contributed by atoms with E-state index < -0.39 is 0 Å². The number of carbonyl (C=O) groups excluding carboxylic acids is 1. The highest BCUT2D eigenvalue weighted by Crippen LogP contribution is 2.37. The van der Waals surface area contributed by atoms with Gasteiger partial charge in [-0.2, -0.15) is 0 Å². The van der Waals surface area contributed by atoms with E-state index in [1.54, 1.807) is 6.07 Å². The van der Waals surface area contributed by atoms with Crippen molar-refractivity contribution in [1.29, 1.82) is 0 Å². The van der Waals surface area contributed by atoms with E-state index in [0.717, 1.165) is 11.3 Å². The first-order chi connectivity index (χ1) is 8.13. The van der Waals surface area contributed by atoms with Crippen molar-refractivity contribution < 1.29 is 14.3 Å². The van der Waals surface area contributed by atoms with Crippen LogP contribution >= 0.6 is 0 Å². The molecular formula is C13H17NO3. The van der Waals surface area contributed by atoms with Gasteiger partial charge in [0.05, 0.1) is 0 Å². The Bertz CT molecular complexity index is 441. The van der Waals surface area contributed by atoms with Gasteiger partial charge in [-0.05, 0) is 30.2 Å². The minimum absolute atomic E-state index is 0.0644. The van der Waals surface area contributed by atoms with Gasteiger partial charge in [-0.1, -0.05) is 13.8 Å². The number of carbonyl (C=O) groups is 1. The standard InChI is InChI=1S/C13H17NO3/c1-8(2)9-5-12-13(17-7-16-12)6-10(9)11(15)3-4-14/h5-6,8H,3-4,7,14H2,1-2H3. The van der Waals surface area contributed by atoms with E-state index in [1.807, 2.05) is 6.07 Å². The van der Waals surface area contributed by atoms with E-state index in [4.69, 9.17) is 15.2 Å². The Morgan fingerprint density at radius 1 is 1.35 bits per heavy atom. The van der Waals surface area contributed by atoms with Crippen LogP contribution in [0.3, 0.4) is 0 Å². The third-order valence-corrected chi connectivity index (χ3v) is 2.84. The van der Waals surface area contributed by atoms with Crippen LogP contribution in [0.5, 0.6) is 11.5 Å². The van der Waals surface area contributed by atoms with Crippen molar-refractivity contribution in [2.24, 2.45) is 5.73 Å². The topological polar surface area (TPSA) is 61.6 Å². The second-order valence-corrected chi connectivity index (χ2v) is 4.41. The highest BCUT2D eigenvalue weighted by molar-refractivity contribution is 5.98. The molecule has 2 rings (SSSR count). The average Bonchev–Trinajstić information content (AvgIpc) is 2.74. The monoisotopic (exact) mass is 235 g/mol. The van der Waals surface area contributed by atoms with Crippen molar-refractivity contribution in [3.05, 3.63) is 23.3 Å². The predicted octanol–water partition coefficient (Wildman–Crippen LogP) is 2.07. The molecule has 0 bridgehead atoms. The first-order valence-electron chi connectivity index (χ1n) is 5.80. The Kier molecular flexibility index (Phi) is 3.33. The quantitative estimate of drug-likeness (QED) is 0.811. The van der Waals surface area contributed by atoms with Crippen LogP contribution in [0.1, 0.15) is 42.1 Å². The lowest BCUT2D eigenvalue weighted by Gasteiger charge is -2.12. The first-order valence-corrected chi connectivity index (χ1v) is 5.80. The normalized spacial score (nSPS) is 13.2. The molecular weight excluding hydrogens is 218 g/mol. The molecule has 0 saturated carbocycles. The lowest BCUT2D eigenvalue weighted by molar-refractivity contribution is 0.0983. The minimum atomic E-state index is 0.0644. The zero-order valence-corrected chi connectivity index (χ0v) is 10.2. The van der Waals surface area contributed by atoms with Crippen LogP contribution in [0.15, 0.2) is 12.1 Å². The molecule has 0 spiro atoms. The maximum absolute atomic E-state index is 12.0. The molecule has 0 saturated heterocycles. The summed E-state index contributed by atoms with van der Waals surface area (Å²) in [5.41, 5.74) is 7.13. The number of Topliss-reactive ketones (excluding diaryl/α,β-unsaturated/α-hetero) is 1. The lowest BCUT2D eigenvalue weighted by atomic mass is 9.93. The van der Waals surface area contributed by atoms with E-state index in [9.17, 15) is 4.79 Å². The van der Waals surface area contributed by atoms with Gasteiger partial charge < -0.3 is 15.2 Å². The second-order valence-electron chi connectivity index (χ2n) is 4.41. The summed E-state index contributed by atoms with van der Waals surface area (Å²) in [6.45, 7) is 4.69. The van der Waals surface area contributed by atoms with Gasteiger partial charge in [-0.15, -0.1) is 0 Å². The van der Waals surface area contributed by atoms with Crippen molar-refractivity contribution >= 4 is 5.78 Å². The van der Waals surface area contributed by atoms with Gasteiger partial charge in [0.2, 0.25) is 6.79 Å². The van der Waals surface area contributed by atoms with Gasteiger partial charge in [0.15, 0.2) is 17.3 Å². The molecule has 1 aromatic rings. The fourth-order valence-electron chi connectivity index (χ4n) is 1.94. The number of nitrogens with two attached hydrogens (primary N) is 1. The number of ketones is 1. The van der Waals surface area contributed by atoms with Crippen LogP contribution in [0.4, 0.5) is 0 Å². The molecule has 0 radical (unpaired) electrons. The first kappa shape index (κ1) is 11.9. The summed E-state index contributed by atoms with van der Waals surface area (Å²) in [7, 11) is 0. The Morgan fingerprint density at radius 3 is 2.59 bits per heavy atom. The van der Waals surface area contributed by atoms with E-state index >= 15 is 0 Å². The highest BCUT2D eigenvalue weighted by Gasteiger charge is 2.21. The lowest BCUT2D eigenvalue weighted by Crippen LogP contribution is -2.11. The molecule has 4 heteroatoms. The van der Waals surface area contributed by atoms with E-state index in [2.05, 4.69) is 13.8 Å². The molecule has 1 heterocycles. The molecule has 0 fully saturated rings. The molecule has 1 aromatic carbocycles. The molecule has 17 heavy (non-hydrogen) atoms. The number of ether oxygens (including phenoxy) is 2. The summed E-state index contributed by atoms with van der Waals surface area (Å²) in [5, 5.41) is 0. The molecule has 0 aromatic heterocycles. The van der Waals surface area contributed by atoms with E-state index in [1.165, 1.54) is 0 Å². The summed E-state index contributed by atoms with van der Waals surface area (Å²) in [4.78, 5) is 12.0. The molecule has 0 unspecified atom stereocenters. The van der Waals surface area contributed by atoms with Gasteiger partial charge in [0, 0.05) is 12.0 Å². The van der Waals surface area contributed by atoms with Crippen LogP contribution < -0.4 is 15.2 Å². The molecule has 0 aliphatic carbocycles. The fourth-order valence-corrected chi connectivity index (χ4v) is 1.94. The summed E-state index contributed by atoms with van der Waals surface area (Å²) < 4.78 is 10.6. The van der Waals surface area contributed by atoms with Gasteiger partial charge in [0.25, 0.3) is 0 Å². The summed E-state index contributed by atoms with van der Waals surface area (Å²) in [5.74, 6) is 1.70. The smallest absolute Gasteiger partial charge is 0.231 e. The number of rotatable bonds is 4. The number of fused-ring (bicyclic) bond motifs is 1. The van der Waals surface area contributed by atoms with E-state index in [0.29, 0.717) is 24.3 Å². The Balaban J connectivity index is 2.45. The van der Waals surface area contributed by atoms with Crippen LogP contribution in [-0.4, -0.2) is 19.1 Å². The second kappa shape index (κ2) is 4.75. The van der Waals surface area contributed by atoms with Crippen molar-refractivity contribution in [1.82, 2.24) is 0 Å². The van der Waals surface area contributed by atoms with Crippen LogP contribution in [0, 0.1) is 0 Å². The van der Waals surface area contributed by atoms with Crippen LogP contribution in [0.2, 0.25) is 0 Å². The molecule has 2 N–H and O–H groups in total. The molecule has 0 atom stereocenters. The molecule has 0 amide bonds. The Morgan fingerprint density at radius 2 is 2.00 bits per heavy atom. The zero-order valence-electron chi connectivity index (χ0n) is 10.2. The van der Waals surface area contributed by atoms with Crippen LogP contribution in [-0.2, 0) is 0 Å². The molecule has 1 aliphatic heterocycles. The van der Waals surface area contributed by atoms with Crippen LogP contribution in [0.25, 0.3) is 0 Å². The number of hydrogen-bond acceptors (Lipinski definition) is 4. The SMILES string of the molecule is CC(C)c1cc2c(cc1C(=O)CCN)OCO2. The largest absolute Gasteiger partial charge is 0.454 e. The molecule has 4 nitrogen and oxygen atoms in total. The van der Waals surface area contributed by atoms with Crippen molar-refractivity contribution in [3.8, 4) is 11.5 Å². The van der Waals surface area contributed by atoms with Gasteiger partial charge in [0.1, 0.15) is 0 Å².